The van der Waals surface area contributed by atoms with E-state index >= 15 is 0 Å². The lowest BCUT2D eigenvalue weighted by molar-refractivity contribution is -0.149. The van der Waals surface area contributed by atoms with Crippen molar-refractivity contribution in [2.24, 2.45) is 5.92 Å². The van der Waals surface area contributed by atoms with Gasteiger partial charge in [-0.3, -0.25) is 9.59 Å². The molecule has 0 fully saturated rings. The number of hydrogen-bond acceptors (Lipinski definition) is 5. The van der Waals surface area contributed by atoms with Gasteiger partial charge in [0.2, 0.25) is 5.91 Å². The summed E-state index contributed by atoms with van der Waals surface area (Å²) < 4.78 is 5.30. The zero-order valence-electron chi connectivity index (χ0n) is 17.0. The summed E-state index contributed by atoms with van der Waals surface area (Å²) in [5, 5.41) is 2.71. The van der Waals surface area contributed by atoms with Gasteiger partial charge in [-0.05, 0) is 24.0 Å². The first-order valence-corrected chi connectivity index (χ1v) is 10.6. The second-order valence-electron chi connectivity index (χ2n) is 6.93. The lowest BCUT2D eigenvalue weighted by Crippen LogP contribution is -2.44. The number of amides is 1. The topological polar surface area (TPSA) is 72.5 Å². The monoisotopic (exact) mass is 413 g/mol. The average molecular weight is 414 g/mol. The van der Waals surface area contributed by atoms with Gasteiger partial charge >= 0.3 is 5.97 Å². The van der Waals surface area contributed by atoms with E-state index < -0.39 is 17.9 Å². The number of esters is 1. The minimum atomic E-state index is -0.779. The summed E-state index contributed by atoms with van der Waals surface area (Å²) in [6, 6.07) is 18.3. The van der Waals surface area contributed by atoms with Gasteiger partial charge in [-0.25, -0.2) is 4.79 Å². The van der Waals surface area contributed by atoms with Crippen molar-refractivity contribution < 1.29 is 19.1 Å². The van der Waals surface area contributed by atoms with Crippen LogP contribution in [0.2, 0.25) is 0 Å². The number of thioether (sulfide) groups is 1. The van der Waals surface area contributed by atoms with Crippen LogP contribution in [0.25, 0.3) is 0 Å². The molecular formula is C23H27NO4S. The number of rotatable bonds is 9. The number of hydrogen-bond donors (Lipinski definition) is 1. The van der Waals surface area contributed by atoms with Crippen LogP contribution in [-0.4, -0.2) is 28.8 Å². The Labute approximate surface area is 176 Å². The van der Waals surface area contributed by atoms with Gasteiger partial charge < -0.3 is 10.1 Å². The molecule has 154 valence electrons. The van der Waals surface area contributed by atoms with Gasteiger partial charge in [-0.15, -0.1) is 0 Å². The predicted molar refractivity (Wildman–Crippen MR) is 115 cm³/mol. The van der Waals surface area contributed by atoms with Crippen LogP contribution >= 0.6 is 11.8 Å². The molecule has 6 heteroatoms. The Morgan fingerprint density at radius 1 is 0.966 bits per heavy atom. The summed E-state index contributed by atoms with van der Waals surface area (Å²) >= 11 is 1.12. The van der Waals surface area contributed by atoms with Crippen molar-refractivity contribution in [3.63, 3.8) is 0 Å². The molecule has 29 heavy (non-hydrogen) atoms. The number of carbonyl (C=O) groups is 3. The third-order valence-electron chi connectivity index (χ3n) is 4.67. The maximum atomic E-state index is 12.9. The Kier molecular flexibility index (Phi) is 8.93. The summed E-state index contributed by atoms with van der Waals surface area (Å²) in [5.74, 6) is -0.957. The maximum Gasteiger partial charge on any atom is 0.328 e. The summed E-state index contributed by atoms with van der Waals surface area (Å²) in [5.41, 5.74) is 1.89. The van der Waals surface area contributed by atoms with E-state index in [0.717, 1.165) is 22.9 Å². The number of nitrogens with one attached hydrogen (secondary N) is 1. The summed E-state index contributed by atoms with van der Waals surface area (Å²) in [6.07, 6.45) is 0. The van der Waals surface area contributed by atoms with Crippen molar-refractivity contribution in [1.82, 2.24) is 5.32 Å². The fourth-order valence-electron chi connectivity index (χ4n) is 2.88. The van der Waals surface area contributed by atoms with Gasteiger partial charge in [0.05, 0.1) is 5.92 Å². The molecule has 0 radical (unpaired) electrons. The fourth-order valence-corrected chi connectivity index (χ4v) is 3.73. The first-order chi connectivity index (χ1) is 13.9. The van der Waals surface area contributed by atoms with Gasteiger partial charge in [0, 0.05) is 12.7 Å². The summed E-state index contributed by atoms with van der Waals surface area (Å²) in [7, 11) is 0. The largest absolute Gasteiger partial charge is 0.459 e. The smallest absolute Gasteiger partial charge is 0.328 e. The first kappa shape index (κ1) is 22.7. The van der Waals surface area contributed by atoms with Gasteiger partial charge in [0.1, 0.15) is 12.6 Å². The van der Waals surface area contributed by atoms with E-state index in [1.807, 2.05) is 67.6 Å². The highest BCUT2D eigenvalue weighted by Crippen LogP contribution is 2.28. The van der Waals surface area contributed by atoms with Gasteiger partial charge in [-0.2, -0.15) is 0 Å². The van der Waals surface area contributed by atoms with E-state index in [1.54, 1.807) is 6.92 Å². The van der Waals surface area contributed by atoms with Gasteiger partial charge in [0.15, 0.2) is 5.12 Å². The minimum Gasteiger partial charge on any atom is -0.459 e. The predicted octanol–water partition coefficient (Wildman–Crippen LogP) is 3.93. The zero-order chi connectivity index (χ0) is 21.2. The van der Waals surface area contributed by atoms with E-state index in [4.69, 9.17) is 4.74 Å². The Balaban J connectivity index is 1.99. The highest BCUT2D eigenvalue weighted by molar-refractivity contribution is 8.13. The molecule has 2 rings (SSSR count). The third kappa shape index (κ3) is 7.38. The zero-order valence-corrected chi connectivity index (χ0v) is 17.8. The molecule has 0 aliphatic carbocycles. The highest BCUT2D eigenvalue weighted by Gasteiger charge is 2.29. The standard InChI is InChI=1S/C23H27NO4S/c1-16(20-12-8-5-9-13-20)21(15-29-18(3)25)22(26)24-17(2)23(27)28-14-19-10-6-4-7-11-19/h4-13,16-17,21H,14-15H2,1-3H3,(H,24,26). The Hall–Kier alpha value is -2.60. The lowest BCUT2D eigenvalue weighted by atomic mass is 9.88. The van der Waals surface area contributed by atoms with Gasteiger partial charge in [-0.1, -0.05) is 79.3 Å². The van der Waals surface area contributed by atoms with Gasteiger partial charge in [0.25, 0.3) is 0 Å². The molecule has 1 amide bonds. The van der Waals surface area contributed by atoms with Crippen molar-refractivity contribution in [1.29, 1.82) is 0 Å². The molecule has 0 bridgehead atoms. The van der Waals surface area contributed by atoms with Crippen LogP contribution in [0.5, 0.6) is 0 Å². The molecule has 1 N–H and O–H groups in total. The summed E-state index contributed by atoms with van der Waals surface area (Å²) in [4.78, 5) is 36.6. The number of carbonyl (C=O) groups excluding carboxylic acids is 3. The molecule has 0 saturated heterocycles. The van der Waals surface area contributed by atoms with Crippen molar-refractivity contribution in [3.8, 4) is 0 Å². The molecule has 2 aromatic carbocycles. The maximum absolute atomic E-state index is 12.9. The Morgan fingerprint density at radius 2 is 1.55 bits per heavy atom. The first-order valence-electron chi connectivity index (χ1n) is 9.57. The molecule has 2 aromatic rings. The molecule has 0 heterocycles. The SMILES string of the molecule is CC(=O)SCC(C(=O)NC(C)C(=O)OCc1ccccc1)C(C)c1ccccc1. The average Bonchev–Trinajstić information content (AvgIpc) is 2.73. The second kappa shape index (κ2) is 11.4. The van der Waals surface area contributed by atoms with Crippen molar-refractivity contribution in [2.75, 3.05) is 5.75 Å². The second-order valence-corrected chi connectivity index (χ2v) is 8.13. The van der Waals surface area contributed by atoms with E-state index in [0.29, 0.717) is 5.75 Å². The van der Waals surface area contributed by atoms with E-state index in [9.17, 15) is 14.4 Å². The van der Waals surface area contributed by atoms with E-state index in [2.05, 4.69) is 5.32 Å². The Morgan fingerprint density at radius 3 is 2.14 bits per heavy atom. The van der Waals surface area contributed by atoms with Crippen LogP contribution in [-0.2, 0) is 25.7 Å². The fraction of sp³-hybridized carbons (Fsp3) is 0.348. The van der Waals surface area contributed by atoms with Crippen molar-refractivity contribution in [2.45, 2.75) is 39.3 Å². The van der Waals surface area contributed by atoms with Crippen molar-refractivity contribution in [3.05, 3.63) is 71.8 Å². The molecule has 0 saturated carbocycles. The molecule has 3 atom stereocenters. The van der Waals surface area contributed by atoms with Crippen LogP contribution in [0.3, 0.4) is 0 Å². The minimum absolute atomic E-state index is 0.0432. The van der Waals surface area contributed by atoms with Crippen LogP contribution in [0, 0.1) is 5.92 Å². The molecular weight excluding hydrogens is 386 g/mol. The molecule has 3 unspecified atom stereocenters. The normalized spacial score (nSPS) is 13.8. The van der Waals surface area contributed by atoms with Crippen LogP contribution in [0.15, 0.2) is 60.7 Å². The van der Waals surface area contributed by atoms with Crippen LogP contribution in [0.1, 0.15) is 37.8 Å². The van der Waals surface area contributed by atoms with Crippen molar-refractivity contribution >= 4 is 28.8 Å². The van der Waals surface area contributed by atoms with Crippen LogP contribution < -0.4 is 5.32 Å². The lowest BCUT2D eigenvalue weighted by Gasteiger charge is -2.24. The quantitative estimate of drug-likeness (QED) is 0.631. The van der Waals surface area contributed by atoms with Crippen LogP contribution in [0.4, 0.5) is 0 Å². The molecule has 0 aliphatic heterocycles. The third-order valence-corrected chi connectivity index (χ3v) is 5.60. The molecule has 0 aliphatic rings. The van der Waals surface area contributed by atoms with E-state index in [-0.39, 0.29) is 23.5 Å². The van der Waals surface area contributed by atoms with E-state index in [1.165, 1.54) is 6.92 Å². The number of ether oxygens (including phenoxy) is 1. The summed E-state index contributed by atoms with van der Waals surface area (Å²) in [6.45, 7) is 5.20. The molecule has 0 aromatic heterocycles. The molecule has 0 spiro atoms. The number of benzene rings is 2. The molecule has 5 nitrogen and oxygen atoms in total. The highest BCUT2D eigenvalue weighted by atomic mass is 32.2. The Bertz CT molecular complexity index is 810.